The van der Waals surface area contributed by atoms with E-state index in [1.54, 1.807) is 0 Å². The number of benzene rings is 6. The standard InChI is InChI=1S/C18H12.C12H10/c1-2-6-14-10-18-12-16-8-4-3-7-15(16)11-17(18)9-13(14)5-1;1-3-7-11(8-4-1)12-9-5-2-6-10-12/h1-12H;1-10H. The van der Waals surface area contributed by atoms with Crippen molar-refractivity contribution in [2.45, 2.75) is 0 Å². The zero-order valence-corrected chi connectivity index (χ0v) is 16.7. The predicted molar refractivity (Wildman–Crippen MR) is 131 cm³/mol. The van der Waals surface area contributed by atoms with Crippen molar-refractivity contribution in [2.24, 2.45) is 0 Å². The summed E-state index contributed by atoms with van der Waals surface area (Å²) in [5, 5.41) is 7.85. The van der Waals surface area contributed by atoms with Crippen LogP contribution in [-0.2, 0) is 0 Å². The fourth-order valence-electron chi connectivity index (χ4n) is 3.90. The van der Waals surface area contributed by atoms with Gasteiger partial charge in [-0.2, -0.15) is 0 Å². The highest BCUT2D eigenvalue weighted by atomic mass is 14.0. The maximum absolute atomic E-state index is 2.27. The molecule has 0 fully saturated rings. The molecular formula is C30H22. The summed E-state index contributed by atoms with van der Waals surface area (Å²) in [4.78, 5) is 0. The van der Waals surface area contributed by atoms with Crippen molar-refractivity contribution < 1.29 is 0 Å². The zero-order chi connectivity index (χ0) is 20.2. The molecule has 0 heteroatoms. The lowest BCUT2D eigenvalue weighted by Gasteiger charge is -2.04. The first kappa shape index (κ1) is 18.1. The molecular weight excluding hydrogens is 360 g/mol. The second-order valence-corrected chi connectivity index (χ2v) is 7.48. The van der Waals surface area contributed by atoms with E-state index in [0.29, 0.717) is 0 Å². The SMILES string of the molecule is c1ccc(-c2ccccc2)cc1.c1ccc2cc3cc4ccccc4cc3cc2c1. The number of rotatable bonds is 1. The third-order valence-electron chi connectivity index (χ3n) is 5.45. The Balaban J connectivity index is 0.000000140. The summed E-state index contributed by atoms with van der Waals surface area (Å²) in [6.45, 7) is 0. The monoisotopic (exact) mass is 382 g/mol. The molecule has 0 aliphatic carbocycles. The van der Waals surface area contributed by atoms with Crippen LogP contribution in [0.2, 0.25) is 0 Å². The van der Waals surface area contributed by atoms with Gasteiger partial charge in [-0.15, -0.1) is 0 Å². The Kier molecular flexibility index (Phi) is 4.98. The molecule has 0 unspecified atom stereocenters. The van der Waals surface area contributed by atoms with Crippen LogP contribution in [0.3, 0.4) is 0 Å². The second kappa shape index (κ2) is 8.23. The van der Waals surface area contributed by atoms with Crippen molar-refractivity contribution in [2.75, 3.05) is 0 Å². The van der Waals surface area contributed by atoms with Crippen LogP contribution in [0, 0.1) is 0 Å². The number of hydrogen-bond donors (Lipinski definition) is 0. The first-order chi connectivity index (χ1) is 14.9. The van der Waals surface area contributed by atoms with Gasteiger partial charge >= 0.3 is 0 Å². The van der Waals surface area contributed by atoms with E-state index >= 15 is 0 Å². The van der Waals surface area contributed by atoms with Crippen molar-refractivity contribution in [3.05, 3.63) is 133 Å². The normalized spacial score (nSPS) is 10.7. The van der Waals surface area contributed by atoms with E-state index < -0.39 is 0 Å². The Morgan fingerprint density at radius 3 is 0.800 bits per heavy atom. The number of fused-ring (bicyclic) bond motifs is 3. The Hall–Kier alpha value is -3.90. The molecule has 142 valence electrons. The average molecular weight is 383 g/mol. The summed E-state index contributed by atoms with van der Waals surface area (Å²) in [6, 6.07) is 46.9. The van der Waals surface area contributed by atoms with E-state index in [4.69, 9.17) is 0 Å². The van der Waals surface area contributed by atoms with E-state index in [2.05, 4.69) is 121 Å². The van der Waals surface area contributed by atoms with Gasteiger partial charge in [0.15, 0.2) is 0 Å². The first-order valence-corrected chi connectivity index (χ1v) is 10.3. The molecule has 0 spiro atoms. The van der Waals surface area contributed by atoms with E-state index in [0.717, 1.165) is 0 Å². The zero-order valence-electron chi connectivity index (χ0n) is 16.7. The maximum Gasteiger partial charge on any atom is -0.0171 e. The molecule has 30 heavy (non-hydrogen) atoms. The summed E-state index contributed by atoms with van der Waals surface area (Å²) in [5.74, 6) is 0. The van der Waals surface area contributed by atoms with Crippen LogP contribution in [0.1, 0.15) is 0 Å². The van der Waals surface area contributed by atoms with Crippen LogP contribution in [0.25, 0.3) is 43.4 Å². The lowest BCUT2D eigenvalue weighted by Crippen LogP contribution is -1.78. The summed E-state index contributed by atoms with van der Waals surface area (Å²) in [7, 11) is 0. The van der Waals surface area contributed by atoms with E-state index in [9.17, 15) is 0 Å². The quantitative estimate of drug-likeness (QED) is 0.250. The smallest absolute Gasteiger partial charge is 0.0171 e. The van der Waals surface area contributed by atoms with E-state index in [-0.39, 0.29) is 0 Å². The van der Waals surface area contributed by atoms with Gasteiger partial charge < -0.3 is 0 Å². The fourth-order valence-corrected chi connectivity index (χ4v) is 3.90. The van der Waals surface area contributed by atoms with Crippen molar-refractivity contribution in [1.29, 1.82) is 0 Å². The molecule has 0 atom stereocenters. The van der Waals surface area contributed by atoms with Gasteiger partial charge in [0.25, 0.3) is 0 Å². The van der Waals surface area contributed by atoms with Crippen molar-refractivity contribution in [3.8, 4) is 11.1 Å². The van der Waals surface area contributed by atoms with Gasteiger partial charge in [0.2, 0.25) is 0 Å². The molecule has 0 saturated carbocycles. The molecule has 0 N–H and O–H groups in total. The summed E-state index contributed by atoms with van der Waals surface area (Å²) >= 11 is 0. The predicted octanol–water partition coefficient (Wildman–Crippen LogP) is 8.50. The Bertz CT molecular complexity index is 1230. The van der Waals surface area contributed by atoms with Crippen LogP contribution >= 0.6 is 0 Å². The largest absolute Gasteiger partial charge is 0.0622 e. The highest BCUT2D eigenvalue weighted by Gasteiger charge is 2.00. The molecule has 0 saturated heterocycles. The van der Waals surface area contributed by atoms with Crippen molar-refractivity contribution in [1.82, 2.24) is 0 Å². The van der Waals surface area contributed by atoms with Gasteiger partial charge in [0, 0.05) is 0 Å². The van der Waals surface area contributed by atoms with E-state index in [1.165, 1.54) is 43.4 Å². The van der Waals surface area contributed by atoms with Gasteiger partial charge in [0.1, 0.15) is 0 Å². The Morgan fingerprint density at radius 1 is 0.233 bits per heavy atom. The lowest BCUT2D eigenvalue weighted by atomic mass is 10.00. The molecule has 6 aromatic carbocycles. The summed E-state index contributed by atoms with van der Waals surface area (Å²) in [6.07, 6.45) is 0. The minimum atomic E-state index is 1.28. The van der Waals surface area contributed by atoms with Gasteiger partial charge in [-0.1, -0.05) is 109 Å². The van der Waals surface area contributed by atoms with Crippen molar-refractivity contribution >= 4 is 32.3 Å². The molecule has 6 aromatic rings. The van der Waals surface area contributed by atoms with Gasteiger partial charge in [-0.25, -0.2) is 0 Å². The molecule has 0 bridgehead atoms. The van der Waals surface area contributed by atoms with Crippen LogP contribution in [0.5, 0.6) is 0 Å². The highest BCUT2D eigenvalue weighted by Crippen LogP contribution is 2.27. The molecule has 0 amide bonds. The van der Waals surface area contributed by atoms with Gasteiger partial charge in [0.05, 0.1) is 0 Å². The minimum absolute atomic E-state index is 1.28. The molecule has 0 aliphatic heterocycles. The molecule has 0 aliphatic rings. The summed E-state index contributed by atoms with van der Waals surface area (Å²) in [5.41, 5.74) is 2.55. The molecule has 0 nitrogen and oxygen atoms in total. The minimum Gasteiger partial charge on any atom is -0.0622 e. The number of hydrogen-bond acceptors (Lipinski definition) is 0. The highest BCUT2D eigenvalue weighted by molar-refractivity contribution is 6.04. The molecule has 0 aromatic heterocycles. The Labute approximate surface area is 177 Å². The average Bonchev–Trinajstić information content (AvgIpc) is 2.83. The topological polar surface area (TPSA) is 0 Å². The first-order valence-electron chi connectivity index (χ1n) is 10.3. The van der Waals surface area contributed by atoms with Crippen LogP contribution in [-0.4, -0.2) is 0 Å². The maximum atomic E-state index is 2.27. The van der Waals surface area contributed by atoms with Gasteiger partial charge in [-0.05, 0) is 67.7 Å². The van der Waals surface area contributed by atoms with Gasteiger partial charge in [-0.3, -0.25) is 0 Å². The molecule has 0 radical (unpaired) electrons. The van der Waals surface area contributed by atoms with Crippen LogP contribution in [0.4, 0.5) is 0 Å². The molecule has 6 rings (SSSR count). The second-order valence-electron chi connectivity index (χ2n) is 7.48. The lowest BCUT2D eigenvalue weighted by molar-refractivity contribution is 1.62. The third-order valence-corrected chi connectivity index (χ3v) is 5.45. The van der Waals surface area contributed by atoms with Crippen LogP contribution in [0.15, 0.2) is 133 Å². The summed E-state index contributed by atoms with van der Waals surface area (Å²) < 4.78 is 0. The van der Waals surface area contributed by atoms with Crippen LogP contribution < -0.4 is 0 Å². The van der Waals surface area contributed by atoms with Crippen molar-refractivity contribution in [3.63, 3.8) is 0 Å². The fraction of sp³-hybridized carbons (Fsp3) is 0. The molecule has 0 heterocycles. The van der Waals surface area contributed by atoms with E-state index in [1.807, 2.05) is 12.1 Å². The third kappa shape index (κ3) is 3.81. The Morgan fingerprint density at radius 2 is 0.500 bits per heavy atom.